The van der Waals surface area contributed by atoms with E-state index in [1.54, 1.807) is 0 Å². The van der Waals surface area contributed by atoms with Crippen LogP contribution >= 0.6 is 11.6 Å². The minimum absolute atomic E-state index is 0.0218. The van der Waals surface area contributed by atoms with Gasteiger partial charge in [-0.05, 0) is 44.1 Å². The van der Waals surface area contributed by atoms with E-state index in [0.29, 0.717) is 5.56 Å². The molecule has 0 spiro atoms. The molecule has 0 aliphatic carbocycles. The highest BCUT2D eigenvalue weighted by molar-refractivity contribution is 6.31. The van der Waals surface area contributed by atoms with E-state index in [-0.39, 0.29) is 17.0 Å². The van der Waals surface area contributed by atoms with Gasteiger partial charge in [0.1, 0.15) is 5.82 Å². The van der Waals surface area contributed by atoms with Crippen molar-refractivity contribution < 1.29 is 9.18 Å². The van der Waals surface area contributed by atoms with E-state index in [1.807, 2.05) is 0 Å². The van der Waals surface area contributed by atoms with Crippen LogP contribution in [0.4, 0.5) is 4.39 Å². The second-order valence-corrected chi connectivity index (χ2v) is 5.24. The minimum atomic E-state index is -0.506. The van der Waals surface area contributed by atoms with Gasteiger partial charge in [0.25, 0.3) is 5.91 Å². The average molecular weight is 285 g/mol. The molecule has 1 amide bonds. The van der Waals surface area contributed by atoms with Crippen LogP contribution in [-0.4, -0.2) is 36.5 Å². The number of nitrogens with zero attached hydrogens (tertiary/aromatic N) is 1. The van der Waals surface area contributed by atoms with Crippen molar-refractivity contribution in [2.45, 2.75) is 25.8 Å². The molecule has 0 saturated carbocycles. The average Bonchev–Trinajstić information content (AvgIpc) is 2.42. The molecule has 3 nitrogen and oxygen atoms in total. The predicted octanol–water partition coefficient (Wildman–Crippen LogP) is 2.69. The predicted molar refractivity (Wildman–Crippen MR) is 74.0 cm³/mol. The van der Waals surface area contributed by atoms with Gasteiger partial charge in [0.05, 0.1) is 5.02 Å². The van der Waals surface area contributed by atoms with Crippen LogP contribution in [0, 0.1) is 5.82 Å². The molecule has 1 aliphatic heterocycles. The highest BCUT2D eigenvalue weighted by Gasteiger charge is 2.21. The van der Waals surface area contributed by atoms with Crippen LogP contribution in [0.25, 0.3) is 0 Å². The molecule has 5 heteroatoms. The van der Waals surface area contributed by atoms with Crippen LogP contribution in [0.15, 0.2) is 18.2 Å². The van der Waals surface area contributed by atoms with Crippen molar-refractivity contribution in [1.29, 1.82) is 0 Å². The third-order valence-electron chi connectivity index (χ3n) is 3.47. The normalized spacial score (nSPS) is 20.3. The summed E-state index contributed by atoms with van der Waals surface area (Å²) in [6.07, 6.45) is 2.07. The molecule has 1 aliphatic rings. The molecule has 19 heavy (non-hydrogen) atoms. The Morgan fingerprint density at radius 1 is 1.58 bits per heavy atom. The summed E-state index contributed by atoms with van der Waals surface area (Å²) >= 11 is 5.68. The topological polar surface area (TPSA) is 32.3 Å². The van der Waals surface area contributed by atoms with Crippen LogP contribution in [0.2, 0.25) is 5.02 Å². The van der Waals surface area contributed by atoms with E-state index < -0.39 is 5.82 Å². The molecule has 0 aromatic heterocycles. The SMILES string of the molecule is CCN1CCCC(NC(=O)c2ccc(F)c(Cl)c2)C1. The molecule has 1 atom stereocenters. The van der Waals surface area contributed by atoms with Gasteiger partial charge in [-0.2, -0.15) is 0 Å². The van der Waals surface area contributed by atoms with Crippen molar-refractivity contribution in [3.05, 3.63) is 34.6 Å². The fourth-order valence-electron chi connectivity index (χ4n) is 2.37. The van der Waals surface area contributed by atoms with Crippen molar-refractivity contribution in [3.8, 4) is 0 Å². The first-order chi connectivity index (χ1) is 9.10. The second-order valence-electron chi connectivity index (χ2n) is 4.83. The fraction of sp³-hybridized carbons (Fsp3) is 0.500. The molecule has 1 aromatic carbocycles. The number of likely N-dealkylation sites (tertiary alicyclic amines) is 1. The van der Waals surface area contributed by atoms with Crippen molar-refractivity contribution in [1.82, 2.24) is 10.2 Å². The number of carbonyl (C=O) groups excluding carboxylic acids is 1. The third-order valence-corrected chi connectivity index (χ3v) is 3.76. The molecule has 1 N–H and O–H groups in total. The van der Waals surface area contributed by atoms with Crippen LogP contribution in [0.3, 0.4) is 0 Å². The molecule has 1 aromatic rings. The Balaban J connectivity index is 1.98. The lowest BCUT2D eigenvalue weighted by Crippen LogP contribution is -2.47. The van der Waals surface area contributed by atoms with Gasteiger partial charge in [-0.25, -0.2) is 4.39 Å². The fourth-order valence-corrected chi connectivity index (χ4v) is 2.55. The van der Waals surface area contributed by atoms with Gasteiger partial charge < -0.3 is 10.2 Å². The van der Waals surface area contributed by atoms with Gasteiger partial charge in [0, 0.05) is 18.2 Å². The first kappa shape index (κ1) is 14.3. The number of carbonyl (C=O) groups is 1. The van der Waals surface area contributed by atoms with E-state index >= 15 is 0 Å². The van der Waals surface area contributed by atoms with E-state index in [0.717, 1.165) is 32.5 Å². The zero-order valence-electron chi connectivity index (χ0n) is 11.0. The molecule has 1 heterocycles. The zero-order chi connectivity index (χ0) is 13.8. The number of halogens is 2. The smallest absolute Gasteiger partial charge is 0.251 e. The third kappa shape index (κ3) is 3.67. The summed E-state index contributed by atoms with van der Waals surface area (Å²) in [7, 11) is 0. The van der Waals surface area contributed by atoms with E-state index in [4.69, 9.17) is 11.6 Å². The van der Waals surface area contributed by atoms with Gasteiger partial charge in [0.2, 0.25) is 0 Å². The molecule has 104 valence electrons. The maximum absolute atomic E-state index is 13.0. The van der Waals surface area contributed by atoms with Gasteiger partial charge in [-0.15, -0.1) is 0 Å². The van der Waals surface area contributed by atoms with Crippen molar-refractivity contribution in [2.24, 2.45) is 0 Å². The Kier molecular flexibility index (Phi) is 4.77. The number of benzene rings is 1. The number of hydrogen-bond donors (Lipinski definition) is 1. The number of likely N-dealkylation sites (N-methyl/N-ethyl adjacent to an activating group) is 1. The van der Waals surface area contributed by atoms with E-state index in [2.05, 4.69) is 17.1 Å². The molecule has 1 unspecified atom stereocenters. The maximum atomic E-state index is 13.0. The highest BCUT2D eigenvalue weighted by atomic mass is 35.5. The molecule has 1 fully saturated rings. The Morgan fingerprint density at radius 3 is 3.05 bits per heavy atom. The van der Waals surface area contributed by atoms with Crippen molar-refractivity contribution in [3.63, 3.8) is 0 Å². The van der Waals surface area contributed by atoms with E-state index in [1.165, 1.54) is 18.2 Å². The lowest BCUT2D eigenvalue weighted by molar-refractivity contribution is 0.0906. The van der Waals surface area contributed by atoms with Gasteiger partial charge in [0.15, 0.2) is 0 Å². The summed E-state index contributed by atoms with van der Waals surface area (Å²) in [6, 6.07) is 4.20. The Hall–Kier alpha value is -1.13. The van der Waals surface area contributed by atoms with Crippen LogP contribution in [0.5, 0.6) is 0 Å². The Morgan fingerprint density at radius 2 is 2.37 bits per heavy atom. The largest absolute Gasteiger partial charge is 0.348 e. The lowest BCUT2D eigenvalue weighted by Gasteiger charge is -2.32. The van der Waals surface area contributed by atoms with Crippen LogP contribution in [-0.2, 0) is 0 Å². The number of rotatable bonds is 3. The van der Waals surface area contributed by atoms with Gasteiger partial charge in [-0.3, -0.25) is 4.79 Å². The summed E-state index contributed by atoms with van der Waals surface area (Å²) in [4.78, 5) is 14.4. The molecule has 0 bridgehead atoms. The summed E-state index contributed by atoms with van der Waals surface area (Å²) < 4.78 is 13.0. The first-order valence-corrected chi connectivity index (χ1v) is 6.96. The standard InChI is InChI=1S/C14H18ClFN2O/c1-2-18-7-3-4-11(9-18)17-14(19)10-5-6-13(16)12(15)8-10/h5-6,8,11H,2-4,7,9H2,1H3,(H,17,19). The molecular formula is C14H18ClFN2O. The Labute approximate surface area is 117 Å². The summed E-state index contributed by atoms with van der Waals surface area (Å²) in [6.45, 7) is 5.07. The summed E-state index contributed by atoms with van der Waals surface area (Å²) in [5, 5.41) is 2.96. The number of amides is 1. The molecule has 2 rings (SSSR count). The molecular weight excluding hydrogens is 267 g/mol. The number of hydrogen-bond acceptors (Lipinski definition) is 2. The monoisotopic (exact) mass is 284 g/mol. The molecule has 1 saturated heterocycles. The minimum Gasteiger partial charge on any atom is -0.348 e. The summed E-state index contributed by atoms with van der Waals surface area (Å²) in [5.41, 5.74) is 0.403. The number of nitrogens with one attached hydrogen (secondary N) is 1. The number of piperidine rings is 1. The van der Waals surface area contributed by atoms with Gasteiger partial charge in [-0.1, -0.05) is 18.5 Å². The lowest BCUT2D eigenvalue weighted by atomic mass is 10.1. The zero-order valence-corrected chi connectivity index (χ0v) is 11.7. The van der Waals surface area contributed by atoms with Crippen LogP contribution in [0.1, 0.15) is 30.1 Å². The van der Waals surface area contributed by atoms with E-state index in [9.17, 15) is 9.18 Å². The maximum Gasteiger partial charge on any atom is 0.251 e. The van der Waals surface area contributed by atoms with Crippen LogP contribution < -0.4 is 5.32 Å². The van der Waals surface area contributed by atoms with Gasteiger partial charge >= 0.3 is 0 Å². The quantitative estimate of drug-likeness (QED) is 0.926. The van der Waals surface area contributed by atoms with Crippen molar-refractivity contribution in [2.75, 3.05) is 19.6 Å². The summed E-state index contributed by atoms with van der Waals surface area (Å²) in [5.74, 6) is -0.696. The second kappa shape index (κ2) is 6.35. The van der Waals surface area contributed by atoms with Crippen molar-refractivity contribution >= 4 is 17.5 Å². The highest BCUT2D eigenvalue weighted by Crippen LogP contribution is 2.16. The Bertz CT molecular complexity index is 467. The first-order valence-electron chi connectivity index (χ1n) is 6.58. The molecule has 0 radical (unpaired) electrons.